The Labute approximate surface area is 328 Å². The van der Waals surface area contributed by atoms with E-state index in [-0.39, 0.29) is 11.3 Å². The van der Waals surface area contributed by atoms with Gasteiger partial charge in [-0.15, -0.1) is 0 Å². The third-order valence-corrected chi connectivity index (χ3v) is 28.3. The van der Waals surface area contributed by atoms with Gasteiger partial charge in [0.25, 0.3) is 0 Å². The van der Waals surface area contributed by atoms with E-state index in [2.05, 4.69) is 72.8 Å². The molecule has 0 bridgehead atoms. The first-order valence-electron chi connectivity index (χ1n) is 20.0. The van der Waals surface area contributed by atoms with E-state index in [1.807, 2.05) is 109 Å². The fraction of sp³-hybridized carbons (Fsp3) is 0.250. The molecule has 0 heterocycles. The van der Waals surface area contributed by atoms with E-state index < -0.39 is 24.1 Å². The van der Waals surface area contributed by atoms with Crippen molar-refractivity contribution < 1.29 is 16.4 Å². The molecule has 0 radical (unpaired) electrons. The van der Waals surface area contributed by atoms with Crippen LogP contribution in [0.25, 0.3) is 0 Å². The van der Waals surface area contributed by atoms with Crippen molar-refractivity contribution >= 4 is 55.9 Å². The first kappa shape index (κ1) is 37.9. The summed E-state index contributed by atoms with van der Waals surface area (Å²) in [5, 5.41) is 5.43. The predicted molar refractivity (Wildman–Crippen MR) is 235 cm³/mol. The predicted octanol–water partition coefficient (Wildman–Crippen LogP) is 9.82. The van der Waals surface area contributed by atoms with Gasteiger partial charge >= 0.3 is 330 Å². The molecule has 7 heteroatoms. The third-order valence-electron chi connectivity index (χ3n) is 12.6. The SMILES string of the molecule is O=S(=O)(OP(c1ccccc1)(c1ccccc1)(c1ccccc1)C1CCCCC1)OP(c1ccccc1)(c1ccccc1)(c1ccccc1)C1CCCCC1. The monoisotopic (exact) mass is 786 g/mol. The van der Waals surface area contributed by atoms with Gasteiger partial charge in [0.2, 0.25) is 0 Å². The van der Waals surface area contributed by atoms with E-state index in [0.29, 0.717) is 0 Å². The Morgan fingerprint density at radius 1 is 0.327 bits per heavy atom. The van der Waals surface area contributed by atoms with Gasteiger partial charge in [0.15, 0.2) is 0 Å². The molecular weight excluding hydrogens is 735 g/mol. The van der Waals surface area contributed by atoms with Gasteiger partial charge in [-0.2, -0.15) is 0 Å². The average Bonchev–Trinajstić information content (AvgIpc) is 3.27. The maximum atomic E-state index is 16.4. The number of hydrogen-bond donors (Lipinski definition) is 0. The standard InChI is InChI=1S/C48H52O4P2S/c49-55(50,51-53(41-25-9-1-10-26-41,42-27-11-2-12-28-42,43-29-13-3-14-30-43)44-31-15-4-16-32-44)52-54(45-33-17-5-18-34-45,46-35-19-6-20-36-46,47-37-21-7-22-38-47)48-39-23-8-24-40-48/h1-3,5-7,9-14,17-22,25-30,33-38,44,48H,4,8,15-16,23-24,31-32,39-40H2. The second kappa shape index (κ2) is 15.5. The van der Waals surface area contributed by atoms with Gasteiger partial charge in [-0.25, -0.2) is 0 Å². The van der Waals surface area contributed by atoms with Crippen molar-refractivity contribution in [2.24, 2.45) is 0 Å². The molecule has 55 heavy (non-hydrogen) atoms. The molecule has 0 atom stereocenters. The quantitative estimate of drug-likeness (QED) is 0.116. The molecule has 6 aromatic rings. The first-order chi connectivity index (χ1) is 26.9. The number of rotatable bonds is 12. The second-order valence-electron chi connectivity index (χ2n) is 15.4. The summed E-state index contributed by atoms with van der Waals surface area (Å²) in [5.74, 6) is 0. The van der Waals surface area contributed by atoms with Crippen LogP contribution < -0.4 is 31.8 Å². The Hall–Kier alpha value is -3.95. The summed E-state index contributed by atoms with van der Waals surface area (Å²) in [4.78, 5) is 0. The average molecular weight is 787 g/mol. The molecule has 284 valence electrons. The van der Waals surface area contributed by atoms with E-state index in [0.717, 1.165) is 96.0 Å². The molecule has 0 spiro atoms. The molecule has 2 saturated carbocycles. The minimum atomic E-state index is -4.89. The summed E-state index contributed by atoms with van der Waals surface area (Å²) in [7, 11) is -4.89. The third kappa shape index (κ3) is 6.06. The van der Waals surface area contributed by atoms with E-state index in [1.54, 1.807) is 0 Å². The molecule has 0 N–H and O–H groups in total. The zero-order chi connectivity index (χ0) is 37.7. The van der Waals surface area contributed by atoms with Crippen LogP contribution >= 0.6 is 13.7 Å². The zero-order valence-corrected chi connectivity index (χ0v) is 34.1. The summed E-state index contributed by atoms with van der Waals surface area (Å²) in [6.07, 6.45) is 9.58. The number of hydrogen-bond acceptors (Lipinski definition) is 4. The molecule has 2 aliphatic carbocycles. The van der Waals surface area contributed by atoms with Gasteiger partial charge in [-0.1, -0.05) is 0 Å². The van der Waals surface area contributed by atoms with Crippen LogP contribution in [-0.2, 0) is 18.3 Å². The van der Waals surface area contributed by atoms with Gasteiger partial charge in [-0.05, 0) is 0 Å². The molecule has 0 amide bonds. The van der Waals surface area contributed by atoms with E-state index in [9.17, 15) is 0 Å². The summed E-state index contributed by atoms with van der Waals surface area (Å²) < 4.78 is 48.2. The van der Waals surface area contributed by atoms with E-state index in [4.69, 9.17) is 7.94 Å². The van der Waals surface area contributed by atoms with Gasteiger partial charge in [-0.3, -0.25) is 0 Å². The number of benzene rings is 6. The van der Waals surface area contributed by atoms with Crippen LogP contribution in [0.2, 0.25) is 0 Å². The molecular formula is C48H52O4P2S. The van der Waals surface area contributed by atoms with Gasteiger partial charge in [0.1, 0.15) is 0 Å². The summed E-state index contributed by atoms with van der Waals surface area (Å²) in [6, 6.07) is 61.7. The normalized spacial score (nSPS) is 17.7. The Morgan fingerprint density at radius 2 is 0.527 bits per heavy atom. The van der Waals surface area contributed by atoms with Crippen molar-refractivity contribution in [2.45, 2.75) is 75.5 Å². The van der Waals surface area contributed by atoms with Crippen LogP contribution in [0.15, 0.2) is 182 Å². The fourth-order valence-corrected chi connectivity index (χ4v) is 28.5. The van der Waals surface area contributed by atoms with Crippen LogP contribution in [0, 0.1) is 0 Å². The molecule has 4 nitrogen and oxygen atoms in total. The molecule has 6 aromatic carbocycles. The summed E-state index contributed by atoms with van der Waals surface area (Å²) in [6.45, 7) is -8.87. The molecule has 8 rings (SSSR count). The molecule has 0 saturated heterocycles. The minimum absolute atomic E-state index is 0.101. The van der Waals surface area contributed by atoms with Crippen LogP contribution in [-0.4, -0.2) is 19.7 Å². The summed E-state index contributed by atoms with van der Waals surface area (Å²) in [5.41, 5.74) is -0.201. The van der Waals surface area contributed by atoms with Crippen LogP contribution in [0.3, 0.4) is 0 Å². The topological polar surface area (TPSA) is 52.6 Å². The molecule has 0 aromatic heterocycles. The van der Waals surface area contributed by atoms with Crippen molar-refractivity contribution in [2.75, 3.05) is 0 Å². The van der Waals surface area contributed by atoms with E-state index >= 15 is 8.42 Å². The Morgan fingerprint density at radius 3 is 0.727 bits per heavy atom. The van der Waals surface area contributed by atoms with Crippen molar-refractivity contribution in [1.29, 1.82) is 0 Å². The Kier molecular flexibility index (Phi) is 10.7. The summed E-state index contributed by atoms with van der Waals surface area (Å²) >= 11 is 0. The first-order valence-corrected chi connectivity index (χ1v) is 25.8. The molecule has 2 fully saturated rings. The maximum absolute atomic E-state index is 16.4. The van der Waals surface area contributed by atoms with Gasteiger partial charge < -0.3 is 0 Å². The van der Waals surface area contributed by atoms with E-state index in [1.165, 1.54) is 0 Å². The van der Waals surface area contributed by atoms with Crippen molar-refractivity contribution in [3.05, 3.63) is 182 Å². The Bertz CT molecular complexity index is 1900. The fourth-order valence-electron chi connectivity index (χ4n) is 10.4. The van der Waals surface area contributed by atoms with Gasteiger partial charge in [0, 0.05) is 0 Å². The van der Waals surface area contributed by atoms with Crippen molar-refractivity contribution in [3.63, 3.8) is 0 Å². The van der Waals surface area contributed by atoms with Crippen LogP contribution in [0.1, 0.15) is 64.2 Å². The molecule has 2 aliphatic rings. The zero-order valence-electron chi connectivity index (χ0n) is 31.5. The molecule has 0 aliphatic heterocycles. The molecule has 0 unspecified atom stereocenters. The van der Waals surface area contributed by atoms with Gasteiger partial charge in [0.05, 0.1) is 0 Å². The van der Waals surface area contributed by atoms with Crippen molar-refractivity contribution in [3.8, 4) is 0 Å². The van der Waals surface area contributed by atoms with Crippen LogP contribution in [0.4, 0.5) is 0 Å². The second-order valence-corrected chi connectivity index (χ2v) is 26.3. The Balaban J connectivity index is 1.51. The van der Waals surface area contributed by atoms with Crippen molar-refractivity contribution in [1.82, 2.24) is 0 Å². The van der Waals surface area contributed by atoms with Crippen LogP contribution in [0.5, 0.6) is 0 Å².